The predicted molar refractivity (Wildman–Crippen MR) is 89.7 cm³/mol. The van der Waals surface area contributed by atoms with Gasteiger partial charge in [0.1, 0.15) is 0 Å². The summed E-state index contributed by atoms with van der Waals surface area (Å²) >= 11 is 0. The van der Waals surface area contributed by atoms with E-state index in [9.17, 15) is 4.79 Å². The van der Waals surface area contributed by atoms with Gasteiger partial charge in [-0.15, -0.1) is 0 Å². The molecule has 1 aromatic rings. The number of aryl methyl sites for hydroxylation is 1. The van der Waals surface area contributed by atoms with Crippen LogP contribution in [0.4, 0.5) is 5.95 Å². The highest BCUT2D eigenvalue weighted by Gasteiger charge is 2.21. The van der Waals surface area contributed by atoms with Crippen LogP contribution in [0.25, 0.3) is 0 Å². The van der Waals surface area contributed by atoms with Crippen molar-refractivity contribution >= 4 is 5.95 Å². The predicted octanol–water partition coefficient (Wildman–Crippen LogP) is 1.95. The van der Waals surface area contributed by atoms with Crippen molar-refractivity contribution < 1.29 is 0 Å². The molecule has 0 radical (unpaired) electrons. The summed E-state index contributed by atoms with van der Waals surface area (Å²) < 4.78 is 1.92. The lowest BCUT2D eigenvalue weighted by Gasteiger charge is -2.28. The number of likely N-dealkylation sites (tertiary alicyclic amines) is 1. The summed E-state index contributed by atoms with van der Waals surface area (Å²) in [5.74, 6) is 0.891. The van der Waals surface area contributed by atoms with Gasteiger partial charge in [-0.25, -0.2) is 4.98 Å². The summed E-state index contributed by atoms with van der Waals surface area (Å²) in [6.45, 7) is 9.97. The van der Waals surface area contributed by atoms with Gasteiger partial charge in [0.15, 0.2) is 0 Å². The number of hydrogen-bond donors (Lipinski definition) is 0. The second kappa shape index (κ2) is 6.82. The van der Waals surface area contributed by atoms with E-state index in [0.717, 1.165) is 43.4 Å². The van der Waals surface area contributed by atoms with Crippen molar-refractivity contribution in [2.45, 2.75) is 52.5 Å². The Hall–Kier alpha value is -1.36. The number of rotatable bonds is 4. The van der Waals surface area contributed by atoms with Crippen LogP contribution in [0.5, 0.6) is 0 Å². The van der Waals surface area contributed by atoms with Gasteiger partial charge in [0.25, 0.3) is 5.56 Å². The van der Waals surface area contributed by atoms with E-state index < -0.39 is 0 Å². The molecule has 2 aliphatic heterocycles. The third-order valence-electron chi connectivity index (χ3n) is 5.10. The van der Waals surface area contributed by atoms with E-state index in [1.807, 2.05) is 18.4 Å². The normalized spacial score (nSPS) is 19.8. The van der Waals surface area contributed by atoms with Gasteiger partial charge in [0.2, 0.25) is 5.95 Å². The first-order valence-corrected chi connectivity index (χ1v) is 8.72. The number of nitrogens with zero attached hydrogens (tertiary/aromatic N) is 4. The first kappa shape index (κ1) is 15.5. The van der Waals surface area contributed by atoms with Gasteiger partial charge in [-0.05, 0) is 52.6 Å². The fourth-order valence-corrected chi connectivity index (χ4v) is 3.53. The summed E-state index contributed by atoms with van der Waals surface area (Å²) in [6, 6.07) is 0. The van der Waals surface area contributed by atoms with Crippen molar-refractivity contribution in [1.29, 1.82) is 0 Å². The molecule has 0 aromatic carbocycles. The minimum absolute atomic E-state index is 0.145. The Morgan fingerprint density at radius 3 is 2.23 bits per heavy atom. The molecule has 0 saturated carbocycles. The van der Waals surface area contributed by atoms with Gasteiger partial charge in [0, 0.05) is 37.4 Å². The molecule has 22 heavy (non-hydrogen) atoms. The van der Waals surface area contributed by atoms with E-state index in [4.69, 9.17) is 4.98 Å². The number of hydrogen-bond acceptors (Lipinski definition) is 4. The van der Waals surface area contributed by atoms with Crippen LogP contribution in [-0.2, 0) is 6.54 Å². The zero-order valence-electron chi connectivity index (χ0n) is 14.0. The molecule has 0 bridgehead atoms. The smallest absolute Gasteiger partial charge is 0.258 e. The minimum Gasteiger partial charge on any atom is -0.342 e. The largest absolute Gasteiger partial charge is 0.342 e. The van der Waals surface area contributed by atoms with Crippen LogP contribution in [0.3, 0.4) is 0 Å². The van der Waals surface area contributed by atoms with Crippen LogP contribution < -0.4 is 10.5 Å². The molecule has 0 N–H and O–H groups in total. The monoisotopic (exact) mass is 304 g/mol. The van der Waals surface area contributed by atoms with Gasteiger partial charge >= 0.3 is 0 Å². The van der Waals surface area contributed by atoms with E-state index in [2.05, 4.69) is 9.80 Å². The molecule has 0 atom stereocenters. The van der Waals surface area contributed by atoms with Gasteiger partial charge < -0.3 is 9.80 Å². The quantitative estimate of drug-likeness (QED) is 0.852. The maximum atomic E-state index is 12.7. The van der Waals surface area contributed by atoms with E-state index in [-0.39, 0.29) is 5.56 Å². The van der Waals surface area contributed by atoms with Crippen LogP contribution >= 0.6 is 0 Å². The molecule has 2 aliphatic rings. The highest BCUT2D eigenvalue weighted by atomic mass is 16.1. The summed E-state index contributed by atoms with van der Waals surface area (Å²) in [6.07, 6.45) is 6.34. The van der Waals surface area contributed by atoms with Gasteiger partial charge in [-0.2, -0.15) is 0 Å². The van der Waals surface area contributed by atoms with Crippen LogP contribution in [0.1, 0.15) is 43.4 Å². The van der Waals surface area contributed by atoms with E-state index in [1.165, 1.54) is 45.2 Å². The average Bonchev–Trinajstić information content (AvgIpc) is 3.07. The Bertz CT molecular complexity index is 569. The van der Waals surface area contributed by atoms with Crippen LogP contribution in [0.2, 0.25) is 0 Å². The minimum atomic E-state index is 0.145. The Morgan fingerprint density at radius 1 is 0.909 bits per heavy atom. The third kappa shape index (κ3) is 3.19. The van der Waals surface area contributed by atoms with Crippen LogP contribution in [0.15, 0.2) is 4.79 Å². The summed E-state index contributed by atoms with van der Waals surface area (Å²) in [7, 11) is 0. The molecule has 122 valence electrons. The van der Waals surface area contributed by atoms with Crippen molar-refractivity contribution in [3.63, 3.8) is 0 Å². The summed E-state index contributed by atoms with van der Waals surface area (Å²) in [4.78, 5) is 22.2. The molecule has 2 fully saturated rings. The number of aromatic nitrogens is 2. The zero-order chi connectivity index (χ0) is 15.5. The highest BCUT2D eigenvalue weighted by molar-refractivity contribution is 5.35. The zero-order valence-corrected chi connectivity index (χ0v) is 14.0. The molecule has 3 rings (SSSR count). The lowest BCUT2D eigenvalue weighted by molar-refractivity contribution is 0.220. The van der Waals surface area contributed by atoms with Crippen molar-refractivity contribution in [1.82, 2.24) is 14.5 Å². The Balaban J connectivity index is 1.83. The van der Waals surface area contributed by atoms with Crippen molar-refractivity contribution in [3.8, 4) is 0 Å². The molecule has 1 aromatic heterocycles. The summed E-state index contributed by atoms with van der Waals surface area (Å²) in [5, 5.41) is 0. The van der Waals surface area contributed by atoms with E-state index in [0.29, 0.717) is 0 Å². The molecular formula is C17H28N4O. The second-order valence-corrected chi connectivity index (χ2v) is 6.68. The number of piperidine rings is 1. The number of anilines is 1. The van der Waals surface area contributed by atoms with E-state index >= 15 is 0 Å². The van der Waals surface area contributed by atoms with Gasteiger partial charge in [0.05, 0.1) is 0 Å². The molecule has 0 spiro atoms. The maximum absolute atomic E-state index is 12.7. The molecule has 0 aliphatic carbocycles. The second-order valence-electron chi connectivity index (χ2n) is 6.68. The standard InChI is InChI=1S/C17H28N4O/c1-14-15(2)18-17(20-10-6-7-11-20)21(16(14)22)13-12-19-8-4-3-5-9-19/h3-13H2,1-2H3. The first-order chi connectivity index (χ1) is 10.7. The Morgan fingerprint density at radius 2 is 1.55 bits per heavy atom. The Labute approximate surface area is 132 Å². The topological polar surface area (TPSA) is 41.4 Å². The molecule has 0 unspecified atom stereocenters. The third-order valence-corrected chi connectivity index (χ3v) is 5.10. The van der Waals surface area contributed by atoms with Gasteiger partial charge in [-0.3, -0.25) is 9.36 Å². The van der Waals surface area contributed by atoms with Crippen molar-refractivity contribution in [3.05, 3.63) is 21.6 Å². The molecule has 5 nitrogen and oxygen atoms in total. The lowest BCUT2D eigenvalue weighted by atomic mass is 10.1. The Kier molecular flexibility index (Phi) is 4.81. The van der Waals surface area contributed by atoms with Crippen LogP contribution in [0, 0.1) is 13.8 Å². The first-order valence-electron chi connectivity index (χ1n) is 8.72. The lowest BCUT2D eigenvalue weighted by Crippen LogP contribution is -2.38. The van der Waals surface area contributed by atoms with Crippen LogP contribution in [-0.4, -0.2) is 47.2 Å². The molecule has 2 saturated heterocycles. The molecular weight excluding hydrogens is 276 g/mol. The molecule has 3 heterocycles. The maximum Gasteiger partial charge on any atom is 0.258 e. The molecule has 5 heteroatoms. The van der Waals surface area contributed by atoms with E-state index in [1.54, 1.807) is 0 Å². The average molecular weight is 304 g/mol. The van der Waals surface area contributed by atoms with Crippen molar-refractivity contribution in [2.75, 3.05) is 37.6 Å². The fourth-order valence-electron chi connectivity index (χ4n) is 3.53. The SMILES string of the molecule is Cc1nc(N2CCCC2)n(CCN2CCCCC2)c(=O)c1C. The van der Waals surface area contributed by atoms with Crippen molar-refractivity contribution in [2.24, 2.45) is 0 Å². The highest BCUT2D eigenvalue weighted by Crippen LogP contribution is 2.18. The fraction of sp³-hybridized carbons (Fsp3) is 0.765. The molecule has 0 amide bonds. The van der Waals surface area contributed by atoms with Gasteiger partial charge in [-0.1, -0.05) is 6.42 Å². The summed E-state index contributed by atoms with van der Waals surface area (Å²) in [5.41, 5.74) is 1.81.